The van der Waals surface area contributed by atoms with Crippen molar-refractivity contribution in [3.8, 4) is 23.1 Å². The van der Waals surface area contributed by atoms with Crippen molar-refractivity contribution >= 4 is 11.9 Å². The summed E-state index contributed by atoms with van der Waals surface area (Å²) in [4.78, 5) is 0. The zero-order valence-electron chi connectivity index (χ0n) is 14.1. The number of nitriles is 1. The highest BCUT2D eigenvalue weighted by atomic mass is 32.2. The van der Waals surface area contributed by atoms with Gasteiger partial charge in [-0.1, -0.05) is 24.3 Å². The third-order valence-electron chi connectivity index (χ3n) is 3.87. The first-order chi connectivity index (χ1) is 12.2. The maximum absolute atomic E-state index is 8.86. The Morgan fingerprint density at radius 1 is 1.12 bits per heavy atom. The van der Waals surface area contributed by atoms with E-state index >= 15 is 0 Å². The van der Waals surface area contributed by atoms with Crippen molar-refractivity contribution in [3.63, 3.8) is 0 Å². The van der Waals surface area contributed by atoms with Crippen LogP contribution in [0.25, 0.3) is 11.3 Å². The molecule has 0 aliphatic heterocycles. The predicted molar refractivity (Wildman–Crippen MR) is 99.2 cm³/mol. The fourth-order valence-corrected chi connectivity index (χ4v) is 3.40. The van der Waals surface area contributed by atoms with Gasteiger partial charge in [0.25, 0.3) is 0 Å². The van der Waals surface area contributed by atoms with Gasteiger partial charge in [0.2, 0.25) is 0 Å². The number of hydrogen-bond donors (Lipinski definition) is 0. The summed E-state index contributed by atoms with van der Waals surface area (Å²) < 4.78 is 7.09. The van der Waals surface area contributed by atoms with E-state index in [2.05, 4.69) is 23.3 Å². The molecule has 0 atom stereocenters. The topological polar surface area (TPSA) is 63.7 Å². The van der Waals surface area contributed by atoms with Gasteiger partial charge in [-0.25, -0.2) is 0 Å². The Labute approximate surface area is 151 Å². The molecule has 1 aromatic heterocycles. The molecule has 0 spiro atoms. The average Bonchev–Trinajstić information content (AvgIpc) is 3.09. The molecule has 2 aromatic carbocycles. The number of hydrogen-bond acceptors (Lipinski definition) is 5. The molecule has 0 amide bonds. The minimum absolute atomic E-state index is 0.672. The van der Waals surface area contributed by atoms with Crippen LogP contribution in [0.5, 0.6) is 5.75 Å². The molecule has 3 aromatic rings. The van der Waals surface area contributed by atoms with E-state index in [0.29, 0.717) is 5.56 Å². The first-order valence-electron chi connectivity index (χ1n) is 7.96. The molecule has 0 aliphatic rings. The lowest BCUT2D eigenvalue weighted by atomic mass is 10.1. The number of benzene rings is 2. The van der Waals surface area contributed by atoms with E-state index in [1.165, 1.54) is 0 Å². The molecular formula is C19H18N4OS. The molecule has 6 heteroatoms. The van der Waals surface area contributed by atoms with Crippen LogP contribution in [0.4, 0.5) is 0 Å². The van der Waals surface area contributed by atoms with E-state index in [9.17, 15) is 0 Å². The SMILES string of the molecule is CCc1c(-c2ccc(OC)cc2)nnn1SCc1ccc(C#N)cc1. The predicted octanol–water partition coefficient (Wildman–Crippen LogP) is 4.08. The molecule has 0 aliphatic carbocycles. The van der Waals surface area contributed by atoms with Crippen LogP contribution in [0.1, 0.15) is 23.7 Å². The first-order valence-corrected chi connectivity index (χ1v) is 8.90. The van der Waals surface area contributed by atoms with E-state index < -0.39 is 0 Å². The first kappa shape index (κ1) is 17.1. The Morgan fingerprint density at radius 3 is 2.44 bits per heavy atom. The maximum Gasteiger partial charge on any atom is 0.118 e. The Bertz CT molecular complexity index is 879. The number of methoxy groups -OCH3 is 1. The third-order valence-corrected chi connectivity index (χ3v) is 4.87. The normalized spacial score (nSPS) is 10.4. The molecule has 0 fully saturated rings. The summed E-state index contributed by atoms with van der Waals surface area (Å²) in [5, 5.41) is 17.5. The lowest BCUT2D eigenvalue weighted by molar-refractivity contribution is 0.415. The van der Waals surface area contributed by atoms with Gasteiger partial charge in [0.05, 0.1) is 24.4 Å². The third kappa shape index (κ3) is 3.83. The molecule has 0 N–H and O–H groups in total. The summed E-state index contributed by atoms with van der Waals surface area (Å²) in [6.07, 6.45) is 0.842. The molecule has 126 valence electrons. The van der Waals surface area contributed by atoms with Gasteiger partial charge in [-0.3, -0.25) is 0 Å². The van der Waals surface area contributed by atoms with Crippen LogP contribution >= 0.6 is 11.9 Å². The average molecular weight is 350 g/mol. The van der Waals surface area contributed by atoms with Gasteiger partial charge < -0.3 is 4.74 Å². The second-order valence-electron chi connectivity index (χ2n) is 5.42. The van der Waals surface area contributed by atoms with E-state index in [-0.39, 0.29) is 0 Å². The van der Waals surface area contributed by atoms with E-state index in [1.54, 1.807) is 19.1 Å². The van der Waals surface area contributed by atoms with E-state index in [1.807, 2.05) is 52.6 Å². The summed E-state index contributed by atoms with van der Waals surface area (Å²) in [7, 11) is 1.66. The zero-order chi connectivity index (χ0) is 17.6. The van der Waals surface area contributed by atoms with E-state index in [0.717, 1.165) is 40.4 Å². The fraction of sp³-hybridized carbons (Fsp3) is 0.211. The van der Waals surface area contributed by atoms with Crippen LogP contribution in [0.3, 0.4) is 0 Å². The van der Waals surface area contributed by atoms with Gasteiger partial charge >= 0.3 is 0 Å². The molecule has 0 bridgehead atoms. The van der Waals surface area contributed by atoms with Crippen molar-refractivity contribution in [2.45, 2.75) is 19.1 Å². The summed E-state index contributed by atoms with van der Waals surface area (Å²) in [6, 6.07) is 17.6. The molecule has 0 saturated heterocycles. The number of aromatic nitrogens is 3. The van der Waals surface area contributed by atoms with Gasteiger partial charge in [-0.2, -0.15) is 9.35 Å². The largest absolute Gasteiger partial charge is 0.497 e. The van der Waals surface area contributed by atoms with Gasteiger partial charge in [-0.15, -0.1) is 5.10 Å². The van der Waals surface area contributed by atoms with Crippen molar-refractivity contribution in [1.82, 2.24) is 14.4 Å². The number of rotatable bonds is 6. The Morgan fingerprint density at radius 2 is 1.84 bits per heavy atom. The number of ether oxygens (including phenoxy) is 1. The smallest absolute Gasteiger partial charge is 0.118 e. The molecular weight excluding hydrogens is 332 g/mol. The minimum Gasteiger partial charge on any atom is -0.497 e. The highest BCUT2D eigenvalue weighted by Gasteiger charge is 2.14. The highest BCUT2D eigenvalue weighted by molar-refractivity contribution is 7.96. The van der Waals surface area contributed by atoms with Gasteiger partial charge in [-0.05, 0) is 60.3 Å². The Hall–Kier alpha value is -2.78. The van der Waals surface area contributed by atoms with Crippen LogP contribution in [0.2, 0.25) is 0 Å². The van der Waals surface area contributed by atoms with Gasteiger partial charge in [0.1, 0.15) is 11.4 Å². The molecule has 3 rings (SSSR count). The van der Waals surface area contributed by atoms with Gasteiger partial charge in [0, 0.05) is 11.3 Å². The monoisotopic (exact) mass is 350 g/mol. The van der Waals surface area contributed by atoms with E-state index in [4.69, 9.17) is 10.00 Å². The summed E-state index contributed by atoms with van der Waals surface area (Å²) in [6.45, 7) is 2.10. The van der Waals surface area contributed by atoms with Crippen molar-refractivity contribution in [1.29, 1.82) is 5.26 Å². The standard InChI is InChI=1S/C19H18N4OS/c1-3-18-19(16-8-10-17(24-2)11-9-16)21-22-23(18)25-13-15-6-4-14(12-20)5-7-15/h4-11H,3,13H2,1-2H3. The van der Waals surface area contributed by atoms with Crippen molar-refractivity contribution in [2.24, 2.45) is 0 Å². The molecule has 0 unspecified atom stereocenters. The lowest BCUT2D eigenvalue weighted by Crippen LogP contribution is -1.97. The quantitative estimate of drug-likeness (QED) is 0.670. The number of nitrogens with zero attached hydrogens (tertiary/aromatic N) is 4. The van der Waals surface area contributed by atoms with Crippen LogP contribution in [0.15, 0.2) is 48.5 Å². The molecule has 1 heterocycles. The summed E-state index contributed by atoms with van der Waals surface area (Å²) >= 11 is 1.60. The second kappa shape index (κ2) is 7.86. The summed E-state index contributed by atoms with van der Waals surface area (Å²) in [5.41, 5.74) is 4.84. The maximum atomic E-state index is 8.86. The zero-order valence-corrected chi connectivity index (χ0v) is 15.0. The van der Waals surface area contributed by atoms with Gasteiger partial charge in [0.15, 0.2) is 0 Å². The van der Waals surface area contributed by atoms with Crippen LogP contribution in [0, 0.1) is 11.3 Å². The molecule has 5 nitrogen and oxygen atoms in total. The van der Waals surface area contributed by atoms with Crippen LogP contribution in [-0.2, 0) is 12.2 Å². The second-order valence-corrected chi connectivity index (χ2v) is 6.31. The lowest BCUT2D eigenvalue weighted by Gasteiger charge is -2.06. The van der Waals surface area contributed by atoms with Crippen molar-refractivity contribution < 1.29 is 4.74 Å². The van der Waals surface area contributed by atoms with Crippen LogP contribution in [-0.4, -0.2) is 21.5 Å². The minimum atomic E-state index is 0.672. The fourth-order valence-electron chi connectivity index (χ4n) is 2.48. The molecule has 0 saturated carbocycles. The Balaban J connectivity index is 1.78. The molecule has 25 heavy (non-hydrogen) atoms. The van der Waals surface area contributed by atoms with Crippen LogP contribution < -0.4 is 4.74 Å². The molecule has 0 radical (unpaired) electrons. The van der Waals surface area contributed by atoms with Crippen molar-refractivity contribution in [3.05, 3.63) is 65.4 Å². The van der Waals surface area contributed by atoms with Crippen molar-refractivity contribution in [2.75, 3.05) is 7.11 Å². The Kier molecular flexibility index (Phi) is 5.36. The highest BCUT2D eigenvalue weighted by Crippen LogP contribution is 2.27. The summed E-state index contributed by atoms with van der Waals surface area (Å²) in [5.74, 6) is 1.59.